The number of hydrogen-bond donors (Lipinski definition) is 3. The first-order valence-corrected chi connectivity index (χ1v) is 9.69. The zero-order chi connectivity index (χ0) is 16.7. The van der Waals surface area contributed by atoms with Crippen molar-refractivity contribution in [3.63, 3.8) is 0 Å². The minimum atomic E-state index is -0.832. The van der Waals surface area contributed by atoms with Gasteiger partial charge in [0.25, 0.3) is 0 Å². The molecule has 0 saturated heterocycles. The zero-order valence-electron chi connectivity index (χ0n) is 15.0. The lowest BCUT2D eigenvalue weighted by Crippen LogP contribution is -2.59. The molecule has 3 heteroatoms. The second-order valence-electron chi connectivity index (χ2n) is 10.3. The van der Waals surface area contributed by atoms with Gasteiger partial charge in [-0.2, -0.15) is 0 Å². The molecule has 132 valence electrons. The number of aliphatic hydroxyl groups is 3. The number of hydrogen-bond acceptors (Lipinski definition) is 3. The largest absolute Gasteiger partial charge is 0.393 e. The van der Waals surface area contributed by atoms with Crippen molar-refractivity contribution in [3.8, 4) is 0 Å². The molecule has 0 amide bonds. The molecule has 0 aliphatic heterocycles. The Bertz CT molecular complexity index is 503. The molecule has 3 nitrogen and oxygen atoms in total. The minimum Gasteiger partial charge on any atom is -0.393 e. The van der Waals surface area contributed by atoms with Crippen LogP contribution in [-0.2, 0) is 0 Å². The molecule has 0 heterocycles. The molecule has 4 aliphatic rings. The van der Waals surface area contributed by atoms with Crippen LogP contribution in [0.5, 0.6) is 0 Å². The highest BCUT2D eigenvalue weighted by Gasteiger charge is 2.67. The van der Waals surface area contributed by atoms with Crippen molar-refractivity contribution in [1.82, 2.24) is 0 Å². The van der Waals surface area contributed by atoms with Gasteiger partial charge in [-0.15, -0.1) is 0 Å². The molecule has 1 unspecified atom stereocenters. The van der Waals surface area contributed by atoms with Crippen LogP contribution in [0.2, 0.25) is 0 Å². The normalized spacial score (nSPS) is 57.7. The quantitative estimate of drug-likeness (QED) is 0.695. The van der Waals surface area contributed by atoms with E-state index in [0.29, 0.717) is 17.8 Å². The van der Waals surface area contributed by atoms with Crippen LogP contribution in [0.15, 0.2) is 0 Å². The maximum absolute atomic E-state index is 10.9. The summed E-state index contributed by atoms with van der Waals surface area (Å²) in [6, 6.07) is 0. The van der Waals surface area contributed by atoms with E-state index in [0.717, 1.165) is 32.1 Å². The van der Waals surface area contributed by atoms with Gasteiger partial charge in [-0.05, 0) is 85.4 Å². The lowest BCUT2D eigenvalue weighted by Gasteiger charge is -2.64. The first kappa shape index (κ1) is 16.4. The smallest absolute Gasteiger partial charge is 0.0910 e. The molecule has 0 aromatic heterocycles. The Kier molecular flexibility index (Phi) is 3.37. The molecule has 2 bridgehead atoms. The van der Waals surface area contributed by atoms with Crippen molar-refractivity contribution in [2.75, 3.05) is 6.61 Å². The van der Waals surface area contributed by atoms with E-state index in [1.165, 1.54) is 19.3 Å². The summed E-state index contributed by atoms with van der Waals surface area (Å²) in [5.41, 5.74) is -0.310. The Labute approximate surface area is 140 Å². The van der Waals surface area contributed by atoms with Gasteiger partial charge in [0.15, 0.2) is 0 Å². The predicted molar refractivity (Wildman–Crippen MR) is 89.8 cm³/mol. The molecule has 23 heavy (non-hydrogen) atoms. The van der Waals surface area contributed by atoms with Crippen molar-refractivity contribution in [1.29, 1.82) is 0 Å². The molecule has 4 aliphatic carbocycles. The predicted octanol–water partition coefficient (Wildman–Crippen LogP) is 3.11. The first-order chi connectivity index (χ1) is 10.7. The molecule has 1 spiro atoms. The van der Waals surface area contributed by atoms with Crippen molar-refractivity contribution < 1.29 is 15.3 Å². The third kappa shape index (κ3) is 1.93. The summed E-state index contributed by atoms with van der Waals surface area (Å²) < 4.78 is 0. The van der Waals surface area contributed by atoms with Crippen molar-refractivity contribution in [2.24, 2.45) is 34.0 Å². The molecular weight excluding hydrogens is 288 g/mol. The summed E-state index contributed by atoms with van der Waals surface area (Å²) in [7, 11) is 0. The summed E-state index contributed by atoms with van der Waals surface area (Å²) in [6.07, 6.45) is 8.39. The van der Waals surface area contributed by atoms with Crippen LogP contribution in [0.4, 0.5) is 0 Å². The molecule has 4 fully saturated rings. The molecule has 0 radical (unpaired) electrons. The average molecular weight is 322 g/mol. The van der Waals surface area contributed by atoms with Gasteiger partial charge in [-0.1, -0.05) is 20.8 Å². The molecule has 4 rings (SSSR count). The Hall–Kier alpha value is -0.120. The summed E-state index contributed by atoms with van der Waals surface area (Å²) in [4.78, 5) is 0. The van der Waals surface area contributed by atoms with Crippen LogP contribution < -0.4 is 0 Å². The second-order valence-corrected chi connectivity index (χ2v) is 10.3. The van der Waals surface area contributed by atoms with Gasteiger partial charge in [0.2, 0.25) is 0 Å². The van der Waals surface area contributed by atoms with E-state index < -0.39 is 5.60 Å². The Morgan fingerprint density at radius 2 is 1.70 bits per heavy atom. The molecule has 7 atom stereocenters. The van der Waals surface area contributed by atoms with E-state index >= 15 is 0 Å². The monoisotopic (exact) mass is 322 g/mol. The number of fused-ring (bicyclic) bond motifs is 3. The Morgan fingerprint density at radius 3 is 2.39 bits per heavy atom. The summed E-state index contributed by atoms with van der Waals surface area (Å²) in [5.74, 6) is 1.53. The lowest BCUT2D eigenvalue weighted by atomic mass is 9.41. The summed E-state index contributed by atoms with van der Waals surface area (Å²) in [5, 5.41) is 31.3. The van der Waals surface area contributed by atoms with Gasteiger partial charge < -0.3 is 15.3 Å². The fraction of sp³-hybridized carbons (Fsp3) is 1.00. The molecule has 0 aromatic rings. The first-order valence-electron chi connectivity index (χ1n) is 9.69. The Balaban J connectivity index is 1.72. The van der Waals surface area contributed by atoms with Crippen LogP contribution in [0.25, 0.3) is 0 Å². The van der Waals surface area contributed by atoms with Gasteiger partial charge in [0.1, 0.15) is 0 Å². The zero-order valence-corrected chi connectivity index (χ0v) is 15.0. The highest BCUT2D eigenvalue weighted by Crippen LogP contribution is 2.72. The van der Waals surface area contributed by atoms with Crippen molar-refractivity contribution >= 4 is 0 Å². The third-order valence-electron chi connectivity index (χ3n) is 9.12. The van der Waals surface area contributed by atoms with E-state index in [-0.39, 0.29) is 29.0 Å². The van der Waals surface area contributed by atoms with Gasteiger partial charge in [0, 0.05) is 0 Å². The van der Waals surface area contributed by atoms with E-state index in [4.69, 9.17) is 0 Å². The highest BCUT2D eigenvalue weighted by molar-refractivity contribution is 5.17. The van der Waals surface area contributed by atoms with E-state index in [2.05, 4.69) is 20.8 Å². The molecule has 0 aromatic carbocycles. The van der Waals surface area contributed by atoms with Crippen LogP contribution >= 0.6 is 0 Å². The maximum atomic E-state index is 10.9. The molecule has 3 N–H and O–H groups in total. The second kappa shape index (κ2) is 4.74. The van der Waals surface area contributed by atoms with Crippen LogP contribution in [-0.4, -0.2) is 33.6 Å². The van der Waals surface area contributed by atoms with Crippen LogP contribution in [0.1, 0.15) is 72.1 Å². The number of aliphatic hydroxyl groups excluding tert-OH is 2. The van der Waals surface area contributed by atoms with E-state index in [1.807, 2.05) is 0 Å². The van der Waals surface area contributed by atoms with E-state index in [1.54, 1.807) is 0 Å². The van der Waals surface area contributed by atoms with Gasteiger partial charge in [0.05, 0.1) is 18.3 Å². The van der Waals surface area contributed by atoms with Crippen molar-refractivity contribution in [3.05, 3.63) is 0 Å². The fourth-order valence-electron chi connectivity index (χ4n) is 8.02. The van der Waals surface area contributed by atoms with Crippen LogP contribution in [0.3, 0.4) is 0 Å². The highest BCUT2D eigenvalue weighted by atomic mass is 16.3. The summed E-state index contributed by atoms with van der Waals surface area (Å²) in [6.45, 7) is 6.94. The third-order valence-corrected chi connectivity index (χ3v) is 9.12. The van der Waals surface area contributed by atoms with Gasteiger partial charge >= 0.3 is 0 Å². The fourth-order valence-corrected chi connectivity index (χ4v) is 8.02. The number of rotatable bonds is 1. The van der Waals surface area contributed by atoms with Crippen molar-refractivity contribution in [2.45, 2.75) is 83.8 Å². The SMILES string of the molecule is CC1(C)C(O)CC[C@@]2(C)[C@H]1CC[C@]13C[C@@H](CC[C@@H]12)[C@](O)(CO)C3. The lowest BCUT2D eigenvalue weighted by molar-refractivity contribution is -0.180. The topological polar surface area (TPSA) is 60.7 Å². The standard InChI is InChI=1S/C20H34O3/c1-17(2)14-6-9-19-10-13(20(23,11-19)12-21)4-5-15(19)18(14,3)8-7-16(17)22/h13-16,21-23H,4-12H2,1-3H3/t13-,14+,15-,16?,18+,19-,20-/m1/s1. The van der Waals surface area contributed by atoms with E-state index in [9.17, 15) is 15.3 Å². The average Bonchev–Trinajstić information content (AvgIpc) is 2.70. The Morgan fingerprint density at radius 1 is 0.957 bits per heavy atom. The molecule has 4 saturated carbocycles. The van der Waals surface area contributed by atoms with Crippen LogP contribution in [0, 0.1) is 34.0 Å². The van der Waals surface area contributed by atoms with Gasteiger partial charge in [-0.3, -0.25) is 0 Å². The van der Waals surface area contributed by atoms with Gasteiger partial charge in [-0.25, -0.2) is 0 Å². The summed E-state index contributed by atoms with van der Waals surface area (Å²) >= 11 is 0. The maximum Gasteiger partial charge on any atom is 0.0910 e. The molecular formula is C20H34O3. The minimum absolute atomic E-state index is 0.00263.